The van der Waals surface area contributed by atoms with E-state index in [2.05, 4.69) is 10.3 Å². The van der Waals surface area contributed by atoms with E-state index in [4.69, 9.17) is 16.3 Å². The molecule has 0 radical (unpaired) electrons. The zero-order valence-electron chi connectivity index (χ0n) is 15.5. The van der Waals surface area contributed by atoms with Crippen LogP contribution in [-0.2, 0) is 23.4 Å². The summed E-state index contributed by atoms with van der Waals surface area (Å²) < 4.78 is 6.11. The number of ether oxygens (including phenoxy) is 1. The van der Waals surface area contributed by atoms with E-state index in [0.29, 0.717) is 13.0 Å². The van der Waals surface area contributed by atoms with Gasteiger partial charge in [-0.1, -0.05) is 47.6 Å². The third-order valence-electron chi connectivity index (χ3n) is 4.04. The SMILES string of the molecule is COc1ccc(CCNC(=O)Cc2csc(SCc3ccc(Cl)cc3)n2)cc1. The number of nitrogens with one attached hydrogen (secondary N) is 1. The van der Waals surface area contributed by atoms with Crippen LogP contribution in [0.4, 0.5) is 0 Å². The lowest BCUT2D eigenvalue weighted by atomic mass is 10.1. The first kappa shape index (κ1) is 20.7. The fourth-order valence-corrected chi connectivity index (χ4v) is 4.45. The largest absolute Gasteiger partial charge is 0.497 e. The van der Waals surface area contributed by atoms with E-state index in [1.165, 1.54) is 5.56 Å². The van der Waals surface area contributed by atoms with Crippen molar-refractivity contribution in [2.45, 2.75) is 22.9 Å². The van der Waals surface area contributed by atoms with Crippen LogP contribution in [0.25, 0.3) is 0 Å². The minimum absolute atomic E-state index is 0.00642. The first-order chi connectivity index (χ1) is 13.6. The molecule has 1 aromatic heterocycles. The Balaban J connectivity index is 1.39. The first-order valence-electron chi connectivity index (χ1n) is 8.83. The first-order valence-corrected chi connectivity index (χ1v) is 11.1. The molecule has 0 aliphatic heterocycles. The van der Waals surface area contributed by atoms with Crippen LogP contribution < -0.4 is 10.1 Å². The Hall–Kier alpha value is -2.02. The molecule has 1 N–H and O–H groups in total. The molecular formula is C21H21ClN2O2S2. The summed E-state index contributed by atoms with van der Waals surface area (Å²) in [6.07, 6.45) is 1.09. The lowest BCUT2D eigenvalue weighted by Crippen LogP contribution is -2.27. The Morgan fingerprint density at radius 3 is 2.57 bits per heavy atom. The summed E-state index contributed by atoms with van der Waals surface area (Å²) in [5.74, 6) is 1.66. The number of aromatic nitrogens is 1. The lowest BCUT2D eigenvalue weighted by Gasteiger charge is -2.05. The van der Waals surface area contributed by atoms with Crippen molar-refractivity contribution in [2.75, 3.05) is 13.7 Å². The van der Waals surface area contributed by atoms with Crippen molar-refractivity contribution in [3.63, 3.8) is 0 Å². The van der Waals surface area contributed by atoms with Crippen LogP contribution in [0.15, 0.2) is 58.3 Å². The molecule has 4 nitrogen and oxygen atoms in total. The van der Waals surface area contributed by atoms with Gasteiger partial charge in [-0.2, -0.15) is 0 Å². The fraction of sp³-hybridized carbons (Fsp3) is 0.238. The molecule has 0 fully saturated rings. The highest BCUT2D eigenvalue weighted by Gasteiger charge is 2.08. The molecule has 0 saturated carbocycles. The third-order valence-corrected chi connectivity index (χ3v) is 6.44. The normalized spacial score (nSPS) is 10.6. The molecule has 2 aromatic carbocycles. The van der Waals surface area contributed by atoms with Crippen molar-refractivity contribution < 1.29 is 9.53 Å². The van der Waals surface area contributed by atoms with Gasteiger partial charge in [0.15, 0.2) is 0 Å². The molecule has 1 heterocycles. The molecule has 0 spiro atoms. The van der Waals surface area contributed by atoms with Gasteiger partial charge in [0, 0.05) is 22.7 Å². The van der Waals surface area contributed by atoms with Crippen molar-refractivity contribution in [3.8, 4) is 5.75 Å². The zero-order chi connectivity index (χ0) is 19.8. The van der Waals surface area contributed by atoms with Crippen molar-refractivity contribution in [1.82, 2.24) is 10.3 Å². The zero-order valence-corrected chi connectivity index (χ0v) is 17.9. The highest BCUT2D eigenvalue weighted by Crippen LogP contribution is 2.26. The van der Waals surface area contributed by atoms with Gasteiger partial charge in [0.25, 0.3) is 0 Å². The maximum atomic E-state index is 12.1. The lowest BCUT2D eigenvalue weighted by molar-refractivity contribution is -0.120. The number of thiazole rings is 1. The van der Waals surface area contributed by atoms with Gasteiger partial charge in [0.1, 0.15) is 10.1 Å². The highest BCUT2D eigenvalue weighted by molar-refractivity contribution is 8.00. The summed E-state index contributed by atoms with van der Waals surface area (Å²) in [4.78, 5) is 16.7. The second-order valence-corrected chi connectivity index (χ2v) is 8.66. The van der Waals surface area contributed by atoms with E-state index in [1.807, 2.05) is 53.9 Å². The number of nitrogens with zero attached hydrogens (tertiary/aromatic N) is 1. The van der Waals surface area contributed by atoms with Gasteiger partial charge >= 0.3 is 0 Å². The summed E-state index contributed by atoms with van der Waals surface area (Å²) in [5.41, 5.74) is 3.17. The van der Waals surface area contributed by atoms with Crippen molar-refractivity contribution in [3.05, 3.63) is 75.8 Å². The molecule has 7 heteroatoms. The smallest absolute Gasteiger partial charge is 0.226 e. The third kappa shape index (κ3) is 6.55. The molecule has 1 amide bonds. The van der Waals surface area contributed by atoms with Crippen LogP contribution in [0.5, 0.6) is 5.75 Å². The molecule has 0 unspecified atom stereocenters. The Morgan fingerprint density at radius 2 is 1.86 bits per heavy atom. The van der Waals surface area contributed by atoms with E-state index in [-0.39, 0.29) is 5.91 Å². The number of hydrogen-bond donors (Lipinski definition) is 1. The Kier molecular flexibility index (Phi) is 7.77. The van der Waals surface area contributed by atoms with E-state index in [1.54, 1.807) is 30.2 Å². The molecule has 0 aliphatic carbocycles. The Morgan fingerprint density at radius 1 is 1.14 bits per heavy atom. The average molecular weight is 433 g/mol. The maximum absolute atomic E-state index is 12.1. The minimum atomic E-state index is -0.00642. The Labute approximate surface area is 178 Å². The number of amides is 1. The van der Waals surface area contributed by atoms with Gasteiger partial charge in [-0.25, -0.2) is 4.98 Å². The predicted molar refractivity (Wildman–Crippen MR) is 117 cm³/mol. The number of rotatable bonds is 9. The number of benzene rings is 2. The molecule has 3 rings (SSSR count). The van der Waals surface area contributed by atoms with Gasteiger partial charge < -0.3 is 10.1 Å². The van der Waals surface area contributed by atoms with E-state index >= 15 is 0 Å². The molecule has 0 aliphatic rings. The van der Waals surface area contributed by atoms with Crippen LogP contribution >= 0.6 is 34.7 Å². The second kappa shape index (κ2) is 10.5. The van der Waals surface area contributed by atoms with Crippen LogP contribution in [-0.4, -0.2) is 24.5 Å². The number of carbonyl (C=O) groups excluding carboxylic acids is 1. The van der Waals surface area contributed by atoms with E-state index < -0.39 is 0 Å². The summed E-state index contributed by atoms with van der Waals surface area (Å²) >= 11 is 9.14. The van der Waals surface area contributed by atoms with Crippen molar-refractivity contribution >= 4 is 40.6 Å². The summed E-state index contributed by atoms with van der Waals surface area (Å²) in [7, 11) is 1.65. The van der Waals surface area contributed by atoms with Crippen LogP contribution in [0, 0.1) is 0 Å². The summed E-state index contributed by atoms with van der Waals surface area (Å²) in [6.45, 7) is 0.605. The molecule has 0 atom stereocenters. The molecule has 146 valence electrons. The van der Waals surface area contributed by atoms with Gasteiger partial charge in [-0.05, 0) is 41.8 Å². The number of thioether (sulfide) groups is 1. The summed E-state index contributed by atoms with van der Waals surface area (Å²) in [6, 6.07) is 15.7. The number of carbonyl (C=O) groups is 1. The number of methoxy groups -OCH3 is 1. The standard InChI is InChI=1S/C21H21ClN2O2S2/c1-26-19-8-4-15(5-9-19)10-11-23-20(25)12-18-14-28-21(24-18)27-13-16-2-6-17(22)7-3-16/h2-9,14H,10-13H2,1H3,(H,23,25). The topological polar surface area (TPSA) is 51.2 Å². The number of halogens is 1. The van der Waals surface area contributed by atoms with Gasteiger partial charge in [0.2, 0.25) is 5.91 Å². The van der Waals surface area contributed by atoms with Crippen molar-refractivity contribution in [2.24, 2.45) is 0 Å². The van der Waals surface area contributed by atoms with E-state index in [9.17, 15) is 4.79 Å². The summed E-state index contributed by atoms with van der Waals surface area (Å²) in [5, 5.41) is 5.65. The van der Waals surface area contributed by atoms with Gasteiger partial charge in [-0.3, -0.25) is 4.79 Å². The predicted octanol–water partition coefficient (Wildman–Crippen LogP) is 5.00. The molecule has 0 saturated heterocycles. The average Bonchev–Trinajstić information content (AvgIpc) is 3.15. The monoisotopic (exact) mass is 432 g/mol. The molecule has 3 aromatic rings. The van der Waals surface area contributed by atoms with E-state index in [0.717, 1.165) is 38.5 Å². The fourth-order valence-electron chi connectivity index (χ4n) is 2.53. The number of hydrogen-bond acceptors (Lipinski definition) is 5. The van der Waals surface area contributed by atoms with Crippen LogP contribution in [0.2, 0.25) is 5.02 Å². The molecule has 28 heavy (non-hydrogen) atoms. The van der Waals surface area contributed by atoms with Crippen LogP contribution in [0.1, 0.15) is 16.8 Å². The van der Waals surface area contributed by atoms with Crippen LogP contribution in [0.3, 0.4) is 0 Å². The maximum Gasteiger partial charge on any atom is 0.226 e. The molecule has 0 bridgehead atoms. The van der Waals surface area contributed by atoms with Crippen molar-refractivity contribution in [1.29, 1.82) is 0 Å². The Bertz CT molecular complexity index is 896. The highest BCUT2D eigenvalue weighted by atomic mass is 35.5. The minimum Gasteiger partial charge on any atom is -0.497 e. The second-order valence-electron chi connectivity index (χ2n) is 6.14. The van der Waals surface area contributed by atoms with Gasteiger partial charge in [-0.15, -0.1) is 11.3 Å². The molecular weight excluding hydrogens is 412 g/mol. The quantitative estimate of drug-likeness (QED) is 0.483. The van der Waals surface area contributed by atoms with Gasteiger partial charge in [0.05, 0.1) is 19.2 Å².